The van der Waals surface area contributed by atoms with Gasteiger partial charge in [0.1, 0.15) is 0 Å². The van der Waals surface area contributed by atoms with Crippen LogP contribution in [0, 0.1) is 5.92 Å². The molecule has 3 aromatic rings. The highest BCUT2D eigenvalue weighted by Crippen LogP contribution is 2.42. The normalized spacial score (nSPS) is 16.8. The van der Waals surface area contributed by atoms with Gasteiger partial charge in [-0.25, -0.2) is 0 Å². The van der Waals surface area contributed by atoms with Crippen LogP contribution in [-0.2, 0) is 6.42 Å². The monoisotopic (exact) mass is 292 g/mol. The zero-order valence-corrected chi connectivity index (χ0v) is 13.0. The van der Waals surface area contributed by atoms with Crippen LogP contribution in [0.3, 0.4) is 0 Å². The molecule has 0 N–H and O–H groups in total. The molecule has 21 heavy (non-hydrogen) atoms. The lowest BCUT2D eigenvalue weighted by Crippen LogP contribution is -2.22. The summed E-state index contributed by atoms with van der Waals surface area (Å²) in [6.45, 7) is 0. The Morgan fingerprint density at radius 3 is 2.52 bits per heavy atom. The fourth-order valence-corrected chi connectivity index (χ4v) is 4.25. The molecule has 2 aromatic carbocycles. The van der Waals surface area contributed by atoms with Crippen molar-refractivity contribution >= 4 is 22.1 Å². The number of fused-ring (bicyclic) bond motifs is 1. The van der Waals surface area contributed by atoms with Crippen molar-refractivity contribution in [3.63, 3.8) is 0 Å². The quantitative estimate of drug-likeness (QED) is 0.551. The summed E-state index contributed by atoms with van der Waals surface area (Å²) in [6.07, 6.45) is 5.44. The molecule has 1 fully saturated rings. The van der Waals surface area contributed by atoms with Gasteiger partial charge in [0.05, 0.1) is 0 Å². The van der Waals surface area contributed by atoms with Gasteiger partial charge in [0.15, 0.2) is 0 Å². The van der Waals surface area contributed by atoms with Crippen molar-refractivity contribution < 1.29 is 0 Å². The van der Waals surface area contributed by atoms with Gasteiger partial charge >= 0.3 is 0 Å². The first kappa shape index (κ1) is 13.1. The summed E-state index contributed by atoms with van der Waals surface area (Å²) in [5, 5.41) is 4.93. The van der Waals surface area contributed by atoms with Crippen LogP contribution in [0.15, 0.2) is 60.0 Å². The maximum absolute atomic E-state index is 2.42. The first-order chi connectivity index (χ1) is 10.4. The maximum atomic E-state index is 2.42. The van der Waals surface area contributed by atoms with Gasteiger partial charge < -0.3 is 0 Å². The minimum atomic E-state index is 0.696. The summed E-state index contributed by atoms with van der Waals surface area (Å²) in [7, 11) is 0. The SMILES string of the molecule is c1csc(CC(c2ccc3ccccc3c2)C2CCC2)c1. The second-order valence-electron chi connectivity index (χ2n) is 6.19. The maximum Gasteiger partial charge on any atom is 0.00514 e. The van der Waals surface area contributed by atoms with Crippen LogP contribution in [0.1, 0.15) is 35.6 Å². The lowest BCUT2D eigenvalue weighted by atomic mass is 9.71. The summed E-state index contributed by atoms with van der Waals surface area (Å²) >= 11 is 1.90. The van der Waals surface area contributed by atoms with Crippen molar-refractivity contribution in [2.45, 2.75) is 31.6 Å². The van der Waals surface area contributed by atoms with Crippen molar-refractivity contribution in [1.82, 2.24) is 0 Å². The van der Waals surface area contributed by atoms with Crippen LogP contribution in [-0.4, -0.2) is 0 Å². The van der Waals surface area contributed by atoms with Gasteiger partial charge in [0.2, 0.25) is 0 Å². The van der Waals surface area contributed by atoms with E-state index in [-0.39, 0.29) is 0 Å². The highest BCUT2D eigenvalue weighted by Gasteiger charge is 2.28. The van der Waals surface area contributed by atoms with Gasteiger partial charge in [0, 0.05) is 4.88 Å². The predicted octanol–water partition coefficient (Wildman–Crippen LogP) is 6.03. The molecule has 1 atom stereocenters. The van der Waals surface area contributed by atoms with Crippen LogP contribution in [0.5, 0.6) is 0 Å². The van der Waals surface area contributed by atoms with Gasteiger partial charge in [-0.3, -0.25) is 0 Å². The van der Waals surface area contributed by atoms with E-state index in [4.69, 9.17) is 0 Å². The van der Waals surface area contributed by atoms with E-state index in [0.717, 1.165) is 5.92 Å². The van der Waals surface area contributed by atoms with Gasteiger partial charge in [-0.2, -0.15) is 0 Å². The van der Waals surface area contributed by atoms with Gasteiger partial charge in [0.25, 0.3) is 0 Å². The van der Waals surface area contributed by atoms with Crippen LogP contribution in [0.4, 0.5) is 0 Å². The third kappa shape index (κ3) is 2.63. The Kier molecular flexibility index (Phi) is 3.52. The fourth-order valence-electron chi connectivity index (χ4n) is 3.48. The second-order valence-corrected chi connectivity index (χ2v) is 7.22. The Labute approximate surface area is 130 Å². The average molecular weight is 292 g/mol. The molecule has 0 spiro atoms. The number of hydrogen-bond donors (Lipinski definition) is 0. The summed E-state index contributed by atoms with van der Waals surface area (Å²) in [6, 6.07) is 20.3. The Morgan fingerprint density at radius 2 is 1.81 bits per heavy atom. The molecule has 1 saturated carbocycles. The van der Waals surface area contributed by atoms with E-state index in [1.165, 1.54) is 46.9 Å². The molecule has 0 nitrogen and oxygen atoms in total. The zero-order chi connectivity index (χ0) is 14.1. The molecular formula is C20H20S. The van der Waals surface area contributed by atoms with Crippen molar-refractivity contribution in [2.24, 2.45) is 5.92 Å². The minimum Gasteiger partial charge on any atom is -0.149 e. The Morgan fingerprint density at radius 1 is 0.952 bits per heavy atom. The lowest BCUT2D eigenvalue weighted by Gasteiger charge is -2.34. The van der Waals surface area contributed by atoms with Crippen LogP contribution in [0.2, 0.25) is 0 Å². The van der Waals surface area contributed by atoms with Crippen molar-refractivity contribution in [1.29, 1.82) is 0 Å². The first-order valence-corrected chi connectivity index (χ1v) is 8.79. The molecule has 1 unspecified atom stereocenters. The topological polar surface area (TPSA) is 0 Å². The zero-order valence-electron chi connectivity index (χ0n) is 12.2. The molecule has 1 heteroatoms. The molecule has 0 aliphatic heterocycles. The molecule has 1 aromatic heterocycles. The van der Waals surface area contributed by atoms with E-state index in [1.807, 2.05) is 11.3 Å². The first-order valence-electron chi connectivity index (χ1n) is 7.91. The molecule has 106 valence electrons. The van der Waals surface area contributed by atoms with Crippen molar-refractivity contribution in [3.05, 3.63) is 70.4 Å². The summed E-state index contributed by atoms with van der Waals surface area (Å²) < 4.78 is 0. The number of rotatable bonds is 4. The van der Waals surface area contributed by atoms with Crippen molar-refractivity contribution in [3.8, 4) is 0 Å². The van der Waals surface area contributed by atoms with Crippen molar-refractivity contribution in [2.75, 3.05) is 0 Å². The smallest absolute Gasteiger partial charge is 0.00514 e. The minimum absolute atomic E-state index is 0.696. The molecule has 4 rings (SSSR count). The van der Waals surface area contributed by atoms with E-state index >= 15 is 0 Å². The number of thiophene rings is 1. The largest absolute Gasteiger partial charge is 0.149 e. The molecule has 0 saturated heterocycles. The fraction of sp³-hybridized carbons (Fsp3) is 0.300. The molecule has 0 radical (unpaired) electrons. The second kappa shape index (κ2) is 5.65. The van der Waals surface area contributed by atoms with Gasteiger partial charge in [-0.15, -0.1) is 11.3 Å². The third-order valence-electron chi connectivity index (χ3n) is 4.92. The molecule has 1 heterocycles. The van der Waals surface area contributed by atoms with Crippen LogP contribution in [0.25, 0.3) is 10.8 Å². The Bertz CT molecular complexity index is 722. The number of hydrogen-bond acceptors (Lipinski definition) is 1. The highest BCUT2D eigenvalue weighted by atomic mass is 32.1. The molecule has 0 bridgehead atoms. The summed E-state index contributed by atoms with van der Waals surface area (Å²) in [5.74, 6) is 1.58. The van der Waals surface area contributed by atoms with Gasteiger partial charge in [-0.1, -0.05) is 55.0 Å². The van der Waals surface area contributed by atoms with E-state index in [2.05, 4.69) is 60.0 Å². The predicted molar refractivity (Wildman–Crippen MR) is 92.1 cm³/mol. The number of benzene rings is 2. The Hall–Kier alpha value is -1.60. The summed E-state index contributed by atoms with van der Waals surface area (Å²) in [4.78, 5) is 1.53. The van der Waals surface area contributed by atoms with E-state index in [1.54, 1.807) is 0 Å². The van der Waals surface area contributed by atoms with Crippen LogP contribution >= 0.6 is 11.3 Å². The lowest BCUT2D eigenvalue weighted by molar-refractivity contribution is 0.260. The Balaban J connectivity index is 1.70. The molecular weight excluding hydrogens is 272 g/mol. The van der Waals surface area contributed by atoms with E-state index in [0.29, 0.717) is 5.92 Å². The molecule has 1 aliphatic rings. The standard InChI is InChI=1S/C20H20S/c1-2-6-17-13-18(11-10-15(17)5-1)20(16-7-3-8-16)14-19-9-4-12-21-19/h1-2,4-6,9-13,16,20H,3,7-8,14H2. The summed E-state index contributed by atoms with van der Waals surface area (Å²) in [5.41, 5.74) is 1.53. The molecule has 0 amide bonds. The third-order valence-corrected chi connectivity index (χ3v) is 5.82. The van der Waals surface area contributed by atoms with E-state index < -0.39 is 0 Å². The average Bonchev–Trinajstić information content (AvgIpc) is 2.97. The molecule has 1 aliphatic carbocycles. The van der Waals surface area contributed by atoms with Gasteiger partial charge in [-0.05, 0) is 58.9 Å². The van der Waals surface area contributed by atoms with E-state index in [9.17, 15) is 0 Å². The highest BCUT2D eigenvalue weighted by molar-refractivity contribution is 7.09. The van der Waals surface area contributed by atoms with Crippen LogP contribution < -0.4 is 0 Å².